The van der Waals surface area contributed by atoms with E-state index in [2.05, 4.69) is 10.6 Å². The predicted octanol–water partition coefficient (Wildman–Crippen LogP) is 3.34. The summed E-state index contributed by atoms with van der Waals surface area (Å²) in [6.45, 7) is 3.24. The highest BCUT2D eigenvalue weighted by Gasteiger charge is 2.35. The fraction of sp³-hybridized carbons (Fsp3) is 0.320. The summed E-state index contributed by atoms with van der Waals surface area (Å²) in [4.78, 5) is 39.7. The number of rotatable bonds is 6. The number of ether oxygens (including phenoxy) is 1. The van der Waals surface area contributed by atoms with Gasteiger partial charge in [0.05, 0.1) is 6.04 Å². The third-order valence-electron chi connectivity index (χ3n) is 5.39. The van der Waals surface area contributed by atoms with E-state index in [0.717, 1.165) is 11.1 Å². The quantitative estimate of drug-likeness (QED) is 0.682. The number of nitrogens with one attached hydrogen (secondary N) is 2. The average Bonchev–Trinajstić information content (AvgIpc) is 2.92. The van der Waals surface area contributed by atoms with Crippen molar-refractivity contribution in [3.05, 3.63) is 83.9 Å². The zero-order valence-electron chi connectivity index (χ0n) is 18.6. The fourth-order valence-corrected chi connectivity index (χ4v) is 3.47. The van der Waals surface area contributed by atoms with Gasteiger partial charge in [0.1, 0.15) is 18.2 Å². The van der Waals surface area contributed by atoms with Crippen LogP contribution in [-0.2, 0) is 20.9 Å². The van der Waals surface area contributed by atoms with E-state index in [1.165, 1.54) is 0 Å². The summed E-state index contributed by atoms with van der Waals surface area (Å²) in [6.07, 6.45) is 3.53. The third kappa shape index (κ3) is 5.75. The Morgan fingerprint density at radius 3 is 2.34 bits per heavy atom. The number of carbonyl (C=O) groups is 3. The van der Waals surface area contributed by atoms with Gasteiger partial charge in [-0.15, -0.1) is 0 Å². The Kier molecular flexibility index (Phi) is 7.30. The van der Waals surface area contributed by atoms with Crippen LogP contribution in [0.3, 0.4) is 0 Å². The minimum atomic E-state index is -1.26. The lowest BCUT2D eigenvalue weighted by molar-refractivity contribution is -0.137. The smallest absolute Gasteiger partial charge is 0.408 e. The van der Waals surface area contributed by atoms with Crippen molar-refractivity contribution in [2.45, 2.75) is 44.5 Å². The summed E-state index contributed by atoms with van der Waals surface area (Å²) in [7, 11) is 1.72. The van der Waals surface area contributed by atoms with Gasteiger partial charge in [0.2, 0.25) is 11.8 Å². The molecule has 0 saturated carbocycles. The largest absolute Gasteiger partial charge is 0.445 e. The molecule has 0 radical (unpaired) electrons. The first kappa shape index (κ1) is 23.1. The minimum Gasteiger partial charge on any atom is -0.445 e. The molecule has 7 heteroatoms. The molecule has 3 amide bonds. The molecule has 0 spiro atoms. The van der Waals surface area contributed by atoms with Crippen LogP contribution in [0.4, 0.5) is 4.79 Å². The Balaban J connectivity index is 1.58. The molecule has 1 heterocycles. The number of hydrogen-bond donors (Lipinski definition) is 2. The van der Waals surface area contributed by atoms with E-state index in [1.807, 2.05) is 72.8 Å². The van der Waals surface area contributed by atoms with E-state index in [-0.39, 0.29) is 18.6 Å². The molecule has 0 aromatic heterocycles. The van der Waals surface area contributed by atoms with Crippen molar-refractivity contribution in [1.82, 2.24) is 15.5 Å². The molecule has 2 atom stereocenters. The van der Waals surface area contributed by atoms with Crippen molar-refractivity contribution < 1.29 is 19.1 Å². The predicted molar refractivity (Wildman–Crippen MR) is 121 cm³/mol. The van der Waals surface area contributed by atoms with Crippen LogP contribution in [0, 0.1) is 0 Å². The van der Waals surface area contributed by atoms with Gasteiger partial charge in [-0.05, 0) is 31.4 Å². The standard InChI is InChI=1S/C25H29N3O4/c1-25(2,27-24(31)32-17-18-11-6-4-7-12-18)23(30)26-20-15-10-16-21(28(3)22(20)29)19-13-8-5-9-14-19/h4-14,16,20-21H,15,17H2,1-3H3,(H,26,30)(H,27,31)/t20-,21+/m0/s1. The Bertz CT molecular complexity index is 973. The number of alkyl carbamates (subject to hydrolysis) is 1. The van der Waals surface area contributed by atoms with Crippen LogP contribution in [0.15, 0.2) is 72.8 Å². The van der Waals surface area contributed by atoms with E-state index in [9.17, 15) is 14.4 Å². The first-order chi connectivity index (χ1) is 15.3. The Morgan fingerprint density at radius 1 is 1.06 bits per heavy atom. The van der Waals surface area contributed by atoms with Crippen LogP contribution in [0.2, 0.25) is 0 Å². The van der Waals surface area contributed by atoms with Gasteiger partial charge < -0.3 is 20.3 Å². The third-order valence-corrected chi connectivity index (χ3v) is 5.39. The van der Waals surface area contributed by atoms with Crippen molar-refractivity contribution in [3.63, 3.8) is 0 Å². The average molecular weight is 436 g/mol. The summed E-state index contributed by atoms with van der Waals surface area (Å²) in [5, 5.41) is 5.35. The molecule has 0 bridgehead atoms. The lowest BCUT2D eigenvalue weighted by Gasteiger charge is -2.30. The molecular formula is C25H29N3O4. The zero-order valence-corrected chi connectivity index (χ0v) is 18.6. The summed E-state index contributed by atoms with van der Waals surface area (Å²) in [5.41, 5.74) is 0.577. The molecule has 2 aromatic carbocycles. The Labute approximate surface area is 188 Å². The van der Waals surface area contributed by atoms with Gasteiger partial charge in [0.25, 0.3) is 0 Å². The highest BCUT2D eigenvalue weighted by molar-refractivity contribution is 5.93. The molecule has 1 aliphatic heterocycles. The summed E-state index contributed by atoms with van der Waals surface area (Å²) < 4.78 is 5.21. The molecule has 32 heavy (non-hydrogen) atoms. The van der Waals surface area contributed by atoms with Crippen LogP contribution < -0.4 is 10.6 Å². The Morgan fingerprint density at radius 2 is 1.69 bits per heavy atom. The van der Waals surface area contributed by atoms with E-state index in [4.69, 9.17) is 4.74 Å². The fourth-order valence-electron chi connectivity index (χ4n) is 3.47. The SMILES string of the molecule is CN1C(=O)[C@@H](NC(=O)C(C)(C)NC(=O)OCc2ccccc2)CC=C[C@@H]1c1ccccc1. The minimum absolute atomic E-state index is 0.0992. The molecule has 0 unspecified atom stereocenters. The Hall–Kier alpha value is -3.61. The second kappa shape index (κ2) is 10.1. The van der Waals surface area contributed by atoms with E-state index in [0.29, 0.717) is 6.42 Å². The highest BCUT2D eigenvalue weighted by atomic mass is 16.5. The number of hydrogen-bond acceptors (Lipinski definition) is 4. The van der Waals surface area contributed by atoms with Crippen molar-refractivity contribution in [2.24, 2.45) is 0 Å². The summed E-state index contributed by atoms with van der Waals surface area (Å²) in [6, 6.07) is 18.0. The summed E-state index contributed by atoms with van der Waals surface area (Å²) in [5.74, 6) is -0.660. The van der Waals surface area contributed by atoms with Crippen molar-refractivity contribution in [3.8, 4) is 0 Å². The molecule has 7 nitrogen and oxygen atoms in total. The summed E-state index contributed by atoms with van der Waals surface area (Å²) >= 11 is 0. The van der Waals surface area contributed by atoms with Crippen molar-refractivity contribution >= 4 is 17.9 Å². The number of benzene rings is 2. The van der Waals surface area contributed by atoms with Crippen molar-refractivity contribution in [1.29, 1.82) is 0 Å². The first-order valence-corrected chi connectivity index (χ1v) is 10.6. The lowest BCUT2D eigenvalue weighted by atomic mass is 10.0. The van der Waals surface area contributed by atoms with E-state index in [1.54, 1.807) is 25.8 Å². The van der Waals surface area contributed by atoms with Gasteiger partial charge in [-0.25, -0.2) is 4.79 Å². The molecule has 3 rings (SSSR count). The maximum Gasteiger partial charge on any atom is 0.408 e. The molecular weight excluding hydrogens is 406 g/mol. The van der Waals surface area contributed by atoms with Crippen LogP contribution in [0.5, 0.6) is 0 Å². The van der Waals surface area contributed by atoms with Crippen LogP contribution in [-0.4, -0.2) is 41.4 Å². The molecule has 1 aliphatic rings. The lowest BCUT2D eigenvalue weighted by Crippen LogP contribution is -2.58. The van der Waals surface area contributed by atoms with Crippen molar-refractivity contribution in [2.75, 3.05) is 7.05 Å². The topological polar surface area (TPSA) is 87.7 Å². The number of amides is 3. The first-order valence-electron chi connectivity index (χ1n) is 10.6. The molecule has 168 valence electrons. The second-order valence-corrected chi connectivity index (χ2v) is 8.31. The van der Waals surface area contributed by atoms with Gasteiger partial charge >= 0.3 is 6.09 Å². The van der Waals surface area contributed by atoms with E-state index >= 15 is 0 Å². The number of nitrogens with zero attached hydrogens (tertiary/aromatic N) is 1. The molecule has 2 N–H and O–H groups in total. The molecule has 0 fully saturated rings. The zero-order chi connectivity index (χ0) is 23.1. The maximum atomic E-state index is 13.0. The molecule has 2 aromatic rings. The van der Waals surface area contributed by atoms with Gasteiger partial charge in [0.15, 0.2) is 0 Å². The number of likely N-dealkylation sites (N-methyl/N-ethyl adjacent to an activating group) is 1. The van der Waals surface area contributed by atoms with Crippen LogP contribution in [0.1, 0.15) is 37.4 Å². The van der Waals surface area contributed by atoms with Gasteiger partial charge in [-0.3, -0.25) is 9.59 Å². The van der Waals surface area contributed by atoms with Crippen LogP contribution >= 0.6 is 0 Å². The van der Waals surface area contributed by atoms with Crippen LogP contribution in [0.25, 0.3) is 0 Å². The molecule has 0 aliphatic carbocycles. The monoisotopic (exact) mass is 435 g/mol. The van der Waals surface area contributed by atoms with Gasteiger partial charge in [-0.1, -0.05) is 72.8 Å². The van der Waals surface area contributed by atoms with Gasteiger partial charge in [-0.2, -0.15) is 0 Å². The molecule has 0 saturated heterocycles. The normalized spacial score (nSPS) is 18.6. The second-order valence-electron chi connectivity index (χ2n) is 8.31. The van der Waals surface area contributed by atoms with E-state index < -0.39 is 23.6 Å². The van der Waals surface area contributed by atoms with Gasteiger partial charge in [0, 0.05) is 7.05 Å². The highest BCUT2D eigenvalue weighted by Crippen LogP contribution is 2.25. The maximum absolute atomic E-state index is 13.0. The number of carbonyl (C=O) groups excluding carboxylic acids is 3.